The van der Waals surface area contributed by atoms with E-state index in [2.05, 4.69) is 32.2 Å². The van der Waals surface area contributed by atoms with Gasteiger partial charge in [0.2, 0.25) is 0 Å². The van der Waals surface area contributed by atoms with Crippen molar-refractivity contribution < 1.29 is 47.2 Å². The summed E-state index contributed by atoms with van der Waals surface area (Å²) in [5, 5.41) is 23.0. The van der Waals surface area contributed by atoms with E-state index in [4.69, 9.17) is 68.3 Å². The number of thiol groups is 1. The Morgan fingerprint density at radius 2 is 1.74 bits per heavy atom. The average molecular weight is 758 g/mol. The summed E-state index contributed by atoms with van der Waals surface area (Å²) in [6, 6.07) is 3.06. The van der Waals surface area contributed by atoms with Gasteiger partial charge in [-0.1, -0.05) is 35.5 Å². The molecule has 1 aromatic carbocycles. The lowest BCUT2D eigenvalue weighted by Crippen LogP contribution is -2.37. The Hall–Kier alpha value is -1.71. The molecular weight excluding hydrogens is 735 g/mol. The van der Waals surface area contributed by atoms with Crippen molar-refractivity contribution in [3.8, 4) is 0 Å². The van der Waals surface area contributed by atoms with Crippen LogP contribution in [0.2, 0.25) is 10.0 Å². The zero-order chi connectivity index (χ0) is 32.7. The molecule has 6 heterocycles. The van der Waals surface area contributed by atoms with Gasteiger partial charge in [-0.15, -0.1) is 0 Å². The molecule has 3 fully saturated rings. The maximum Gasteiger partial charge on any atom is 0.386 e. The van der Waals surface area contributed by atoms with E-state index in [-0.39, 0.29) is 27.0 Å². The van der Waals surface area contributed by atoms with Crippen LogP contribution < -0.4 is 11.4 Å². The molecule has 3 aromatic heterocycles. The quantitative estimate of drug-likeness (QED) is 0.126. The molecule has 2 unspecified atom stereocenters. The number of halogens is 2. The number of aromatic nitrogens is 6. The number of rotatable bonds is 2. The summed E-state index contributed by atoms with van der Waals surface area (Å²) in [5.74, 6) is -0.0326. The summed E-state index contributed by atoms with van der Waals surface area (Å²) in [6.07, 6.45) is -8.78. The maximum absolute atomic E-state index is 13.5. The second-order valence-electron chi connectivity index (χ2n) is 10.4. The number of aliphatic hydroxyl groups is 2. The van der Waals surface area contributed by atoms with Crippen molar-refractivity contribution in [3.05, 3.63) is 45.3 Å². The number of nitrogens with zero attached hydrogens (tertiary/aromatic N) is 5. The van der Waals surface area contributed by atoms with Gasteiger partial charge < -0.3 is 44.4 Å². The van der Waals surface area contributed by atoms with Crippen LogP contribution in [0.1, 0.15) is 12.5 Å². The van der Waals surface area contributed by atoms with Crippen LogP contribution in [-0.2, 0) is 43.9 Å². The highest BCUT2D eigenvalue weighted by Crippen LogP contribution is 2.58. The van der Waals surface area contributed by atoms with Gasteiger partial charge in [-0.3, -0.25) is 13.6 Å². The zero-order valence-electron chi connectivity index (χ0n) is 22.8. The van der Waals surface area contributed by atoms with Gasteiger partial charge in [-0.2, -0.15) is 0 Å². The highest BCUT2D eigenvalue weighted by Gasteiger charge is 2.53. The highest BCUT2D eigenvalue weighted by molar-refractivity contribution is 8.44. The lowest BCUT2D eigenvalue weighted by molar-refractivity contribution is -0.0599. The molecule has 18 nitrogen and oxygen atoms in total. The Labute approximate surface area is 277 Å². The molecule has 3 aliphatic heterocycles. The fraction of sp³-hybridized carbons (Fsp3) is 0.455. The third-order valence-electron chi connectivity index (χ3n) is 7.62. The number of hydrogen-bond acceptors (Lipinski definition) is 15. The van der Waals surface area contributed by atoms with E-state index in [1.165, 1.54) is 23.0 Å². The molecule has 0 spiro atoms. The van der Waals surface area contributed by atoms with Crippen molar-refractivity contribution in [2.24, 2.45) is 0 Å². The Morgan fingerprint density at radius 1 is 1.02 bits per heavy atom. The van der Waals surface area contributed by atoms with Crippen molar-refractivity contribution in [2.75, 3.05) is 18.9 Å². The molecule has 2 bridgehead atoms. The molecule has 0 radical (unpaired) electrons. The first-order valence-corrected chi connectivity index (χ1v) is 19.3. The summed E-state index contributed by atoms with van der Waals surface area (Å²) in [4.78, 5) is 38.7. The number of anilines is 1. The van der Waals surface area contributed by atoms with Gasteiger partial charge in [-0.25, -0.2) is 28.9 Å². The van der Waals surface area contributed by atoms with Crippen molar-refractivity contribution in [1.29, 1.82) is 0 Å². The number of H-pyrrole nitrogens is 1. The Bertz CT molecular complexity index is 2000. The molecule has 7 rings (SSSR count). The highest BCUT2D eigenvalue weighted by atomic mass is 35.5. The molecule has 0 aliphatic carbocycles. The maximum atomic E-state index is 13.5. The summed E-state index contributed by atoms with van der Waals surface area (Å²) >= 11 is 21.7. The van der Waals surface area contributed by atoms with Crippen LogP contribution in [0.25, 0.3) is 22.2 Å². The predicted octanol–water partition coefficient (Wildman–Crippen LogP) is 1.65. The molecule has 3 aliphatic rings. The fourth-order valence-electron chi connectivity index (χ4n) is 5.51. The van der Waals surface area contributed by atoms with Gasteiger partial charge in [-0.05, 0) is 23.9 Å². The summed E-state index contributed by atoms with van der Waals surface area (Å²) in [5.41, 5.74) is 6.07. The van der Waals surface area contributed by atoms with E-state index in [9.17, 15) is 24.5 Å². The number of nitrogens with one attached hydrogen (secondary N) is 1. The molecule has 248 valence electrons. The standard InChI is InChI=1S/C22H23Cl2N7O11P2S2/c23-7-1-9-10(2-8(7)24)30(6-28-9)21-17-14(32)11(39-21)3-37-43(35,45)41-16-12(4-38-44(36,46)42-17)40-20(15(16)33)31-19-13(29-22(31)34)18(25)26-5-27-19/h1-2,5-6,11-12,14-17,20-21,32-33H,3-4H2,(H,29,34)(H,35,45)(H,36,46)(H2,25,26,27)/t11-,12-,14-,15-,16-,17-,20-,21-,43?,44?/m1/s1. The molecule has 0 amide bonds. The first-order valence-electron chi connectivity index (χ1n) is 13.2. The number of fused-ring (bicyclic) bond motifs is 5. The largest absolute Gasteiger partial charge is 0.387 e. The van der Waals surface area contributed by atoms with Gasteiger partial charge in [0.1, 0.15) is 48.5 Å². The van der Waals surface area contributed by atoms with E-state index >= 15 is 0 Å². The summed E-state index contributed by atoms with van der Waals surface area (Å²) in [6.45, 7) is -9.75. The monoisotopic (exact) mass is 757 g/mol. The number of benzene rings is 1. The zero-order valence-corrected chi connectivity index (χ0v) is 27.8. The molecule has 0 saturated carbocycles. The number of aromatic amines is 1. The van der Waals surface area contributed by atoms with Gasteiger partial charge in [0.15, 0.2) is 23.9 Å². The van der Waals surface area contributed by atoms with Crippen LogP contribution in [0.4, 0.5) is 5.82 Å². The lowest BCUT2D eigenvalue weighted by Gasteiger charge is -2.27. The van der Waals surface area contributed by atoms with Gasteiger partial charge in [0.25, 0.3) is 0 Å². The smallest absolute Gasteiger partial charge is 0.386 e. The van der Waals surface area contributed by atoms with Crippen molar-refractivity contribution in [2.45, 2.75) is 49.1 Å². The number of nitrogens with two attached hydrogens (primary N) is 1. The van der Waals surface area contributed by atoms with Crippen LogP contribution in [0.3, 0.4) is 0 Å². The molecule has 3 saturated heterocycles. The van der Waals surface area contributed by atoms with E-state index in [0.717, 1.165) is 10.9 Å². The van der Waals surface area contributed by atoms with E-state index in [1.54, 1.807) is 0 Å². The second kappa shape index (κ2) is 12.0. The first kappa shape index (κ1) is 32.8. The third-order valence-corrected chi connectivity index (χ3v) is 11.5. The van der Waals surface area contributed by atoms with Crippen LogP contribution in [-0.4, -0.2) is 94.0 Å². The molecule has 10 atom stereocenters. The predicted molar refractivity (Wildman–Crippen MR) is 167 cm³/mol. The Balaban J connectivity index is 1.21. The van der Waals surface area contributed by atoms with Crippen LogP contribution in [0, 0.1) is 0 Å². The Morgan fingerprint density at radius 3 is 2.52 bits per heavy atom. The number of imidazole rings is 2. The summed E-state index contributed by atoms with van der Waals surface area (Å²) < 4.78 is 50.3. The summed E-state index contributed by atoms with van der Waals surface area (Å²) in [7, 11) is 0. The van der Waals surface area contributed by atoms with Crippen LogP contribution in [0.5, 0.6) is 0 Å². The van der Waals surface area contributed by atoms with Crippen LogP contribution in [0.15, 0.2) is 29.6 Å². The molecule has 24 heteroatoms. The topological polar surface area (TPSA) is 241 Å². The number of ether oxygens (including phenoxy) is 2. The Kier molecular flexibility index (Phi) is 8.57. The molecule has 46 heavy (non-hydrogen) atoms. The van der Waals surface area contributed by atoms with Gasteiger partial charge in [0, 0.05) is 0 Å². The van der Waals surface area contributed by atoms with Gasteiger partial charge >= 0.3 is 19.2 Å². The number of nitrogen functional groups attached to an aromatic ring is 1. The van der Waals surface area contributed by atoms with E-state index in [0.29, 0.717) is 11.0 Å². The number of aliphatic hydroxyl groups excluding tert-OH is 2. The first-order chi connectivity index (χ1) is 21.7. The lowest BCUT2D eigenvalue weighted by atomic mass is 10.1. The minimum Gasteiger partial charge on any atom is -0.387 e. The number of hydrogen-bond donors (Lipinski definition) is 6. The normalized spacial score (nSPS) is 37.2. The minimum atomic E-state index is -4.36. The van der Waals surface area contributed by atoms with E-state index < -0.39 is 81.5 Å². The second-order valence-corrected chi connectivity index (χ2v) is 16.9. The molecular formula is C22H23Cl2N7O11P2S2. The molecule has 4 aromatic rings. The fourth-order valence-corrected chi connectivity index (χ4v) is 8.73. The van der Waals surface area contributed by atoms with E-state index in [1.807, 2.05) is 0 Å². The van der Waals surface area contributed by atoms with Gasteiger partial charge in [0.05, 0.1) is 40.6 Å². The van der Waals surface area contributed by atoms with Crippen molar-refractivity contribution in [1.82, 2.24) is 29.1 Å². The third kappa shape index (κ3) is 5.82. The SMILES string of the molecule is Nc1ncnc2c1[nH]c(=O)n2[C@@H]1O[C@@H]2COP(O)(=S)O[C@@H]3[C@H](O)[C@@H](COP(=O)(S)O[C@H]2[C@H]1O)O[C@H]3n1cnc2cc(Cl)c(Cl)cc21. The van der Waals surface area contributed by atoms with Crippen molar-refractivity contribution >= 4 is 88.8 Å². The molecule has 6 N–H and O–H groups in total. The van der Waals surface area contributed by atoms with Crippen LogP contribution >= 0.6 is 49.0 Å². The van der Waals surface area contributed by atoms with Crippen molar-refractivity contribution in [3.63, 3.8) is 0 Å². The minimum absolute atomic E-state index is 0.00141. The average Bonchev–Trinajstić information content (AvgIpc) is 3.71.